The van der Waals surface area contributed by atoms with Crippen molar-refractivity contribution in [1.82, 2.24) is 9.66 Å². The van der Waals surface area contributed by atoms with Crippen LogP contribution in [0.15, 0.2) is 73.4 Å². The molecule has 0 radical (unpaired) electrons. The minimum atomic E-state index is -0.426. The molecule has 0 atom stereocenters. The molecule has 1 heterocycles. The highest BCUT2D eigenvalue weighted by molar-refractivity contribution is 9.10. The second-order valence-corrected chi connectivity index (χ2v) is 10.9. The maximum atomic E-state index is 13.4. The molecule has 9 heteroatoms. The Morgan fingerprint density at radius 2 is 1.78 bits per heavy atom. The van der Waals surface area contributed by atoms with Gasteiger partial charge in [-0.25, -0.2) is 9.37 Å². The van der Waals surface area contributed by atoms with E-state index in [2.05, 4.69) is 37.0 Å². The van der Waals surface area contributed by atoms with Crippen LogP contribution in [0.3, 0.4) is 0 Å². The van der Waals surface area contributed by atoms with E-state index in [-0.39, 0.29) is 18.0 Å². The summed E-state index contributed by atoms with van der Waals surface area (Å²) in [5.74, 6) is 1.24. The Morgan fingerprint density at radius 1 is 1.06 bits per heavy atom. The molecular weight excluding hydrogens is 593 g/mol. The maximum Gasteiger partial charge on any atom is 0.282 e. The molecule has 4 aromatic rings. The monoisotopic (exact) mass is 615 g/mol. The van der Waals surface area contributed by atoms with Gasteiger partial charge in [0.2, 0.25) is 0 Å². The van der Waals surface area contributed by atoms with Gasteiger partial charge in [-0.1, -0.05) is 48.8 Å². The van der Waals surface area contributed by atoms with E-state index in [1.807, 2.05) is 32.9 Å². The number of nitrogens with zero attached hydrogens (tertiary/aromatic N) is 3. The molecular formula is C27H24Br2FN3O3. The Hall–Kier alpha value is -3.04. The fraction of sp³-hybridized carbons (Fsp3) is 0.222. The molecule has 0 N–H and O–H groups in total. The fourth-order valence-corrected chi connectivity index (χ4v) is 4.31. The zero-order chi connectivity index (χ0) is 26.0. The smallest absolute Gasteiger partial charge is 0.282 e. The van der Waals surface area contributed by atoms with Crippen molar-refractivity contribution in [2.75, 3.05) is 7.11 Å². The molecule has 186 valence electrons. The molecule has 0 aliphatic carbocycles. The SMILES string of the molecule is COc1cc(C=Nn2c(C(C)(C)C)nc3ccc(Br)cc3c2=O)c(Br)cc1OCc1ccc(F)cc1. The first-order valence-electron chi connectivity index (χ1n) is 11.1. The number of hydrogen-bond acceptors (Lipinski definition) is 5. The first kappa shape index (κ1) is 26.0. The van der Waals surface area contributed by atoms with Gasteiger partial charge in [-0.3, -0.25) is 4.79 Å². The molecule has 0 fully saturated rings. The predicted molar refractivity (Wildman–Crippen MR) is 147 cm³/mol. The summed E-state index contributed by atoms with van der Waals surface area (Å²) in [7, 11) is 1.54. The second kappa shape index (κ2) is 10.5. The summed E-state index contributed by atoms with van der Waals surface area (Å²) in [6.45, 7) is 6.20. The zero-order valence-electron chi connectivity index (χ0n) is 20.2. The highest BCUT2D eigenvalue weighted by Crippen LogP contribution is 2.33. The van der Waals surface area contributed by atoms with Gasteiger partial charge in [0.15, 0.2) is 11.5 Å². The van der Waals surface area contributed by atoms with Crippen LogP contribution in [0.5, 0.6) is 11.5 Å². The summed E-state index contributed by atoms with van der Waals surface area (Å²) in [5, 5.41) is 5.00. The van der Waals surface area contributed by atoms with Crippen LogP contribution < -0.4 is 15.0 Å². The Balaban J connectivity index is 1.71. The lowest BCUT2D eigenvalue weighted by Crippen LogP contribution is -2.29. The third-order valence-corrected chi connectivity index (χ3v) is 6.56. The van der Waals surface area contributed by atoms with E-state index >= 15 is 0 Å². The van der Waals surface area contributed by atoms with Crippen molar-refractivity contribution >= 4 is 49.0 Å². The van der Waals surface area contributed by atoms with Crippen molar-refractivity contribution in [2.24, 2.45) is 5.10 Å². The summed E-state index contributed by atoms with van der Waals surface area (Å²) < 4.78 is 27.4. The third-order valence-electron chi connectivity index (χ3n) is 5.38. The lowest BCUT2D eigenvalue weighted by molar-refractivity contribution is 0.284. The molecule has 0 spiro atoms. The van der Waals surface area contributed by atoms with Gasteiger partial charge < -0.3 is 9.47 Å². The van der Waals surface area contributed by atoms with Crippen LogP contribution in [0.1, 0.15) is 37.7 Å². The van der Waals surface area contributed by atoms with E-state index in [1.165, 1.54) is 16.8 Å². The van der Waals surface area contributed by atoms with Gasteiger partial charge in [0, 0.05) is 19.9 Å². The predicted octanol–water partition coefficient (Wildman–Crippen LogP) is 6.83. The largest absolute Gasteiger partial charge is 0.493 e. The van der Waals surface area contributed by atoms with Crippen LogP contribution in [0.25, 0.3) is 10.9 Å². The first-order valence-corrected chi connectivity index (χ1v) is 12.7. The molecule has 0 saturated heterocycles. The quantitative estimate of drug-likeness (QED) is 0.223. The molecule has 0 amide bonds. The summed E-state index contributed by atoms with van der Waals surface area (Å²) in [6, 6.07) is 15.1. The van der Waals surface area contributed by atoms with Crippen LogP contribution in [0.2, 0.25) is 0 Å². The van der Waals surface area contributed by atoms with Crippen molar-refractivity contribution in [3.05, 3.63) is 96.7 Å². The van der Waals surface area contributed by atoms with Gasteiger partial charge in [0.25, 0.3) is 5.56 Å². The van der Waals surface area contributed by atoms with E-state index in [1.54, 1.807) is 43.7 Å². The Bertz CT molecular complexity index is 1510. The van der Waals surface area contributed by atoms with Crippen molar-refractivity contribution in [1.29, 1.82) is 0 Å². The lowest BCUT2D eigenvalue weighted by atomic mass is 9.95. The molecule has 3 aromatic carbocycles. The van der Waals surface area contributed by atoms with Crippen LogP contribution in [-0.2, 0) is 12.0 Å². The number of rotatable bonds is 6. The zero-order valence-corrected chi connectivity index (χ0v) is 23.4. The number of hydrogen-bond donors (Lipinski definition) is 0. The molecule has 0 saturated carbocycles. The average molecular weight is 617 g/mol. The Labute approximate surface area is 225 Å². The van der Waals surface area contributed by atoms with Gasteiger partial charge in [-0.15, -0.1) is 0 Å². The van der Waals surface area contributed by atoms with E-state index in [4.69, 9.17) is 14.5 Å². The van der Waals surface area contributed by atoms with E-state index in [0.717, 1.165) is 10.0 Å². The molecule has 0 aliphatic rings. The fourth-order valence-electron chi connectivity index (χ4n) is 3.53. The second-order valence-electron chi connectivity index (χ2n) is 9.15. The first-order chi connectivity index (χ1) is 17.1. The number of fused-ring (bicyclic) bond motifs is 1. The number of methoxy groups -OCH3 is 1. The lowest BCUT2D eigenvalue weighted by Gasteiger charge is -2.21. The minimum Gasteiger partial charge on any atom is -0.493 e. The summed E-state index contributed by atoms with van der Waals surface area (Å²) in [4.78, 5) is 18.1. The van der Waals surface area contributed by atoms with Crippen molar-refractivity contribution in [2.45, 2.75) is 32.8 Å². The molecule has 36 heavy (non-hydrogen) atoms. The van der Waals surface area contributed by atoms with Gasteiger partial charge >= 0.3 is 0 Å². The van der Waals surface area contributed by atoms with Crippen LogP contribution >= 0.6 is 31.9 Å². The number of aromatic nitrogens is 2. The summed E-state index contributed by atoms with van der Waals surface area (Å²) in [6.07, 6.45) is 1.58. The molecule has 6 nitrogen and oxygen atoms in total. The van der Waals surface area contributed by atoms with Gasteiger partial charge in [0.05, 0.1) is 24.2 Å². The normalized spacial score (nSPS) is 11.9. The van der Waals surface area contributed by atoms with Crippen LogP contribution in [-0.4, -0.2) is 23.0 Å². The molecule has 0 aliphatic heterocycles. The van der Waals surface area contributed by atoms with E-state index < -0.39 is 5.41 Å². The van der Waals surface area contributed by atoms with Gasteiger partial charge in [-0.05, 0) is 64.0 Å². The van der Waals surface area contributed by atoms with Crippen molar-refractivity contribution in [3.63, 3.8) is 0 Å². The number of ether oxygens (including phenoxy) is 2. The standard InChI is InChI=1S/C27H24Br2FN3O3/c1-27(2,3)26-32-22-10-7-18(28)12-20(22)25(34)33(26)31-14-17-11-23(35-4)24(13-21(17)29)36-15-16-5-8-19(30)9-6-16/h5-14H,15H2,1-4H3. The summed E-state index contributed by atoms with van der Waals surface area (Å²) in [5.41, 5.74) is 1.44. The summed E-state index contributed by atoms with van der Waals surface area (Å²) >= 11 is 6.98. The van der Waals surface area contributed by atoms with Gasteiger partial charge in [-0.2, -0.15) is 9.78 Å². The van der Waals surface area contributed by atoms with Crippen LogP contribution in [0, 0.1) is 5.82 Å². The molecule has 0 bridgehead atoms. The third kappa shape index (κ3) is 5.68. The highest BCUT2D eigenvalue weighted by Gasteiger charge is 2.23. The Morgan fingerprint density at radius 3 is 2.44 bits per heavy atom. The number of halogens is 3. The maximum absolute atomic E-state index is 13.4. The van der Waals surface area contributed by atoms with Gasteiger partial charge in [0.1, 0.15) is 18.2 Å². The van der Waals surface area contributed by atoms with Crippen molar-refractivity contribution in [3.8, 4) is 11.5 Å². The molecule has 4 rings (SSSR count). The topological polar surface area (TPSA) is 65.7 Å². The Kier molecular flexibility index (Phi) is 7.61. The molecule has 0 unspecified atom stereocenters. The highest BCUT2D eigenvalue weighted by atomic mass is 79.9. The molecule has 1 aromatic heterocycles. The van der Waals surface area contributed by atoms with Crippen LogP contribution in [0.4, 0.5) is 4.39 Å². The average Bonchev–Trinajstić information content (AvgIpc) is 2.83. The number of benzene rings is 3. The van der Waals surface area contributed by atoms with E-state index in [9.17, 15) is 9.18 Å². The minimum absolute atomic E-state index is 0.249. The van der Waals surface area contributed by atoms with Crippen molar-refractivity contribution < 1.29 is 13.9 Å². The van der Waals surface area contributed by atoms with E-state index in [0.29, 0.717) is 38.3 Å².